The van der Waals surface area contributed by atoms with E-state index in [0.717, 1.165) is 0 Å². The van der Waals surface area contributed by atoms with Crippen molar-refractivity contribution in [2.24, 2.45) is 5.14 Å². The molecule has 0 radical (unpaired) electrons. The number of nitrogens with one attached hydrogen (secondary N) is 1. The molecule has 0 saturated heterocycles. The molecule has 0 unspecified atom stereocenters. The fourth-order valence-electron chi connectivity index (χ4n) is 1.92. The Balaban J connectivity index is 1.88. The molecular formula is C15H15N3O6S. The normalized spacial score (nSPS) is 10.9. The van der Waals surface area contributed by atoms with Crippen LogP contribution in [-0.2, 0) is 21.4 Å². The van der Waals surface area contributed by atoms with E-state index < -0.39 is 20.9 Å². The second-order valence-corrected chi connectivity index (χ2v) is 6.54. The van der Waals surface area contributed by atoms with Gasteiger partial charge in [-0.05, 0) is 23.8 Å². The van der Waals surface area contributed by atoms with Crippen molar-refractivity contribution in [3.63, 3.8) is 0 Å². The Morgan fingerprint density at radius 3 is 2.40 bits per heavy atom. The number of nitro groups is 1. The van der Waals surface area contributed by atoms with Gasteiger partial charge < -0.3 is 10.1 Å². The van der Waals surface area contributed by atoms with Crippen molar-refractivity contribution >= 4 is 21.6 Å². The monoisotopic (exact) mass is 365 g/mol. The number of para-hydroxylation sites is 2. The minimum Gasteiger partial charge on any atom is -0.477 e. The van der Waals surface area contributed by atoms with E-state index in [9.17, 15) is 23.3 Å². The standard InChI is InChI=1S/C15H15N3O6S/c16-25(22,23)12-7-5-11(6-8-12)9-17-15(19)10-24-14-4-2-1-3-13(14)18(20)21/h1-8H,9-10H2,(H,17,19)(H2,16,22,23). The number of sulfonamides is 1. The number of nitrogens with zero attached hydrogens (tertiary/aromatic N) is 1. The first kappa shape index (κ1) is 18.4. The average Bonchev–Trinajstić information content (AvgIpc) is 2.58. The highest BCUT2D eigenvalue weighted by Gasteiger charge is 2.14. The van der Waals surface area contributed by atoms with Gasteiger partial charge in [-0.15, -0.1) is 0 Å². The molecule has 25 heavy (non-hydrogen) atoms. The Kier molecular flexibility index (Phi) is 5.67. The van der Waals surface area contributed by atoms with Crippen LogP contribution in [0.1, 0.15) is 5.56 Å². The number of hydrogen-bond donors (Lipinski definition) is 2. The minimum absolute atomic E-state index is 0.000144. The smallest absolute Gasteiger partial charge is 0.310 e. The van der Waals surface area contributed by atoms with E-state index in [1.165, 1.54) is 42.5 Å². The van der Waals surface area contributed by atoms with E-state index in [-0.39, 0.29) is 29.5 Å². The molecule has 132 valence electrons. The van der Waals surface area contributed by atoms with Crippen molar-refractivity contribution in [3.8, 4) is 5.75 Å². The van der Waals surface area contributed by atoms with E-state index in [1.54, 1.807) is 6.07 Å². The fourth-order valence-corrected chi connectivity index (χ4v) is 2.44. The summed E-state index contributed by atoms with van der Waals surface area (Å²) in [5.74, 6) is -0.478. The molecular weight excluding hydrogens is 350 g/mol. The SMILES string of the molecule is NS(=O)(=O)c1ccc(CNC(=O)COc2ccccc2[N+](=O)[O-])cc1. The van der Waals surface area contributed by atoms with Crippen LogP contribution in [0.2, 0.25) is 0 Å². The molecule has 0 heterocycles. The lowest BCUT2D eigenvalue weighted by Crippen LogP contribution is -2.28. The van der Waals surface area contributed by atoms with Crippen molar-refractivity contribution in [3.05, 3.63) is 64.2 Å². The summed E-state index contributed by atoms with van der Waals surface area (Å²) < 4.78 is 27.5. The molecule has 0 saturated carbocycles. The van der Waals surface area contributed by atoms with Crippen molar-refractivity contribution in [1.82, 2.24) is 5.32 Å². The van der Waals surface area contributed by atoms with E-state index in [0.29, 0.717) is 5.56 Å². The predicted octanol–water partition coefficient (Wildman–Crippen LogP) is 0.937. The minimum atomic E-state index is -3.76. The number of hydrogen-bond acceptors (Lipinski definition) is 6. The van der Waals surface area contributed by atoms with Gasteiger partial charge in [-0.3, -0.25) is 14.9 Å². The molecule has 2 aromatic carbocycles. The zero-order valence-electron chi connectivity index (χ0n) is 12.9. The van der Waals surface area contributed by atoms with Gasteiger partial charge in [0.15, 0.2) is 12.4 Å². The lowest BCUT2D eigenvalue weighted by molar-refractivity contribution is -0.385. The molecule has 0 aliphatic carbocycles. The van der Waals surface area contributed by atoms with Crippen molar-refractivity contribution in [2.45, 2.75) is 11.4 Å². The zero-order chi connectivity index (χ0) is 18.4. The molecule has 1 amide bonds. The highest BCUT2D eigenvalue weighted by molar-refractivity contribution is 7.89. The van der Waals surface area contributed by atoms with E-state index in [1.807, 2.05) is 0 Å². The highest BCUT2D eigenvalue weighted by Crippen LogP contribution is 2.25. The van der Waals surface area contributed by atoms with Gasteiger partial charge in [-0.1, -0.05) is 24.3 Å². The number of primary sulfonamides is 1. The largest absolute Gasteiger partial charge is 0.477 e. The molecule has 0 aliphatic heterocycles. The summed E-state index contributed by atoms with van der Waals surface area (Å²) in [7, 11) is -3.76. The van der Waals surface area contributed by atoms with Gasteiger partial charge in [0, 0.05) is 12.6 Å². The second kappa shape index (κ2) is 7.73. The van der Waals surface area contributed by atoms with Gasteiger partial charge in [0.05, 0.1) is 9.82 Å². The summed E-state index contributed by atoms with van der Waals surface area (Å²) in [6.07, 6.45) is 0. The third-order valence-electron chi connectivity index (χ3n) is 3.16. The van der Waals surface area contributed by atoms with Gasteiger partial charge in [-0.25, -0.2) is 13.6 Å². The van der Waals surface area contributed by atoms with Gasteiger partial charge in [0.1, 0.15) is 0 Å². The summed E-state index contributed by atoms with van der Waals surface area (Å²) >= 11 is 0. The Morgan fingerprint density at radius 2 is 1.80 bits per heavy atom. The number of rotatable bonds is 7. The number of carbonyl (C=O) groups excluding carboxylic acids is 1. The molecule has 9 nitrogen and oxygen atoms in total. The molecule has 0 atom stereocenters. The summed E-state index contributed by atoms with van der Waals surface area (Å²) in [6, 6.07) is 11.4. The van der Waals surface area contributed by atoms with Gasteiger partial charge in [0.25, 0.3) is 5.91 Å². The van der Waals surface area contributed by atoms with E-state index >= 15 is 0 Å². The van der Waals surface area contributed by atoms with Crippen molar-refractivity contribution in [1.29, 1.82) is 0 Å². The summed E-state index contributed by atoms with van der Waals surface area (Å²) in [5.41, 5.74) is 0.431. The van der Waals surface area contributed by atoms with Gasteiger partial charge >= 0.3 is 5.69 Å². The van der Waals surface area contributed by atoms with Crippen LogP contribution in [-0.4, -0.2) is 25.9 Å². The van der Waals surface area contributed by atoms with Crippen LogP contribution in [0.5, 0.6) is 5.75 Å². The molecule has 2 rings (SSSR count). The number of nitrogens with two attached hydrogens (primary N) is 1. The number of benzene rings is 2. The summed E-state index contributed by atoms with van der Waals surface area (Å²) in [4.78, 5) is 22.0. The van der Waals surface area contributed by atoms with Crippen LogP contribution in [0, 0.1) is 10.1 Å². The first-order chi connectivity index (χ1) is 11.8. The third kappa shape index (κ3) is 5.26. The molecule has 10 heteroatoms. The number of nitro benzene ring substituents is 1. The third-order valence-corrected chi connectivity index (χ3v) is 4.09. The van der Waals surface area contributed by atoms with Crippen LogP contribution in [0.15, 0.2) is 53.4 Å². The maximum Gasteiger partial charge on any atom is 0.310 e. The molecule has 3 N–H and O–H groups in total. The molecule has 2 aromatic rings. The van der Waals surface area contributed by atoms with Gasteiger partial charge in [-0.2, -0.15) is 0 Å². The topological polar surface area (TPSA) is 142 Å². The van der Waals surface area contributed by atoms with Crippen LogP contribution in [0.4, 0.5) is 5.69 Å². The summed E-state index contributed by atoms with van der Waals surface area (Å²) in [5, 5.41) is 18.4. The lowest BCUT2D eigenvalue weighted by atomic mass is 10.2. The Labute approximate surface area is 143 Å². The van der Waals surface area contributed by atoms with Crippen molar-refractivity contribution in [2.75, 3.05) is 6.61 Å². The summed E-state index contributed by atoms with van der Waals surface area (Å²) in [6.45, 7) is -0.246. The van der Waals surface area contributed by atoms with Crippen LogP contribution < -0.4 is 15.2 Å². The molecule has 0 aliphatic rings. The van der Waals surface area contributed by atoms with Crippen molar-refractivity contribution < 1.29 is 22.9 Å². The molecule has 0 spiro atoms. The van der Waals surface area contributed by atoms with Crippen LogP contribution >= 0.6 is 0 Å². The fraction of sp³-hybridized carbons (Fsp3) is 0.133. The molecule has 0 fully saturated rings. The first-order valence-electron chi connectivity index (χ1n) is 7.02. The van der Waals surface area contributed by atoms with Crippen LogP contribution in [0.25, 0.3) is 0 Å². The van der Waals surface area contributed by atoms with Gasteiger partial charge in [0.2, 0.25) is 10.0 Å². The average molecular weight is 365 g/mol. The lowest BCUT2D eigenvalue weighted by Gasteiger charge is -2.08. The molecule has 0 aromatic heterocycles. The Morgan fingerprint density at radius 1 is 1.16 bits per heavy atom. The van der Waals surface area contributed by atoms with Crippen LogP contribution in [0.3, 0.4) is 0 Å². The maximum absolute atomic E-state index is 11.8. The Hall–Kier alpha value is -2.98. The zero-order valence-corrected chi connectivity index (χ0v) is 13.7. The first-order valence-corrected chi connectivity index (χ1v) is 8.56. The number of carbonyl (C=O) groups is 1. The molecule has 0 bridgehead atoms. The number of ether oxygens (including phenoxy) is 1. The maximum atomic E-state index is 11.8. The predicted molar refractivity (Wildman–Crippen MR) is 88.3 cm³/mol. The quantitative estimate of drug-likeness (QED) is 0.552. The second-order valence-electron chi connectivity index (χ2n) is 4.98. The Bertz CT molecular complexity index is 880. The highest BCUT2D eigenvalue weighted by atomic mass is 32.2. The van der Waals surface area contributed by atoms with E-state index in [2.05, 4.69) is 5.32 Å². The van der Waals surface area contributed by atoms with E-state index in [4.69, 9.17) is 9.88 Å². The number of amides is 1.